The molecule has 0 amide bonds. The predicted octanol–water partition coefficient (Wildman–Crippen LogP) is 16.1. The van der Waals surface area contributed by atoms with Crippen LogP contribution in [-0.2, 0) is 14.3 Å². The van der Waals surface area contributed by atoms with Gasteiger partial charge in [0.1, 0.15) is 6.10 Å². The molecular weight excluding hydrogens is 641 g/mol. The van der Waals surface area contributed by atoms with Crippen LogP contribution in [0.1, 0.15) is 251 Å². The van der Waals surface area contributed by atoms with Crippen molar-refractivity contribution < 1.29 is 19.4 Å². The maximum Gasteiger partial charge on any atom is 0.306 e. The van der Waals surface area contributed by atoms with Gasteiger partial charge in [0.05, 0.1) is 0 Å². The smallest absolute Gasteiger partial charge is 0.306 e. The Labute approximate surface area is 324 Å². The molecule has 0 fully saturated rings. The molecule has 0 spiro atoms. The van der Waals surface area contributed by atoms with Crippen LogP contribution in [0.2, 0.25) is 0 Å². The number of ether oxygens (including phenoxy) is 1. The fraction of sp³-hybridized carbons (Fsp3) is 0.833. The molecule has 0 aliphatic carbocycles. The molecule has 1 atom stereocenters. The Morgan fingerprint density at radius 1 is 0.423 bits per heavy atom. The lowest BCUT2D eigenvalue weighted by Gasteiger charge is -2.18. The van der Waals surface area contributed by atoms with E-state index < -0.39 is 5.97 Å². The number of esters is 1. The van der Waals surface area contributed by atoms with Crippen molar-refractivity contribution in [2.45, 2.75) is 258 Å². The van der Waals surface area contributed by atoms with Crippen LogP contribution in [0.25, 0.3) is 0 Å². The molecule has 1 N–H and O–H groups in total. The van der Waals surface area contributed by atoms with Crippen LogP contribution in [-0.4, -0.2) is 23.1 Å². The second-order valence-corrected chi connectivity index (χ2v) is 15.6. The molecule has 0 radical (unpaired) electrons. The highest BCUT2D eigenvalue weighted by molar-refractivity contribution is 5.69. The lowest BCUT2D eigenvalue weighted by molar-refractivity contribution is -0.150. The molecule has 4 nitrogen and oxygen atoms in total. The highest BCUT2D eigenvalue weighted by Crippen LogP contribution is 2.18. The third-order valence-electron chi connectivity index (χ3n) is 10.3. The summed E-state index contributed by atoms with van der Waals surface area (Å²) in [6.07, 6.45) is 57.6. The Balaban J connectivity index is 3.90. The van der Waals surface area contributed by atoms with Crippen LogP contribution >= 0.6 is 0 Å². The summed E-state index contributed by atoms with van der Waals surface area (Å²) in [6, 6.07) is 0. The summed E-state index contributed by atoms with van der Waals surface area (Å²) in [7, 11) is 0. The summed E-state index contributed by atoms with van der Waals surface area (Å²) in [5, 5.41) is 8.84. The summed E-state index contributed by atoms with van der Waals surface area (Å²) in [5.41, 5.74) is 0. The van der Waals surface area contributed by atoms with Crippen molar-refractivity contribution in [3.63, 3.8) is 0 Å². The molecule has 0 aromatic heterocycles. The normalized spacial score (nSPS) is 12.5. The first-order valence-electron chi connectivity index (χ1n) is 23.0. The maximum absolute atomic E-state index is 12.7. The maximum atomic E-state index is 12.7. The first kappa shape index (κ1) is 50.2. The molecule has 0 heterocycles. The van der Waals surface area contributed by atoms with Gasteiger partial charge in [-0.05, 0) is 89.9 Å². The van der Waals surface area contributed by atoms with E-state index in [0.29, 0.717) is 6.42 Å². The van der Waals surface area contributed by atoms with Crippen molar-refractivity contribution in [1.29, 1.82) is 0 Å². The van der Waals surface area contributed by atoms with Crippen molar-refractivity contribution in [3.05, 3.63) is 36.5 Å². The zero-order valence-electron chi connectivity index (χ0n) is 34.9. The molecule has 304 valence electrons. The van der Waals surface area contributed by atoms with E-state index in [1.165, 1.54) is 148 Å². The summed E-state index contributed by atoms with van der Waals surface area (Å²) < 4.78 is 6.00. The van der Waals surface area contributed by atoms with Gasteiger partial charge in [0, 0.05) is 12.8 Å². The molecule has 0 aromatic carbocycles. The molecule has 0 aliphatic rings. The number of carboxylic acids is 1. The van der Waals surface area contributed by atoms with Gasteiger partial charge in [0.15, 0.2) is 0 Å². The number of carboxylic acid groups (broad SMARTS) is 1. The van der Waals surface area contributed by atoms with Crippen molar-refractivity contribution in [3.8, 4) is 0 Å². The van der Waals surface area contributed by atoms with E-state index in [2.05, 4.69) is 50.3 Å². The van der Waals surface area contributed by atoms with E-state index in [1.54, 1.807) is 0 Å². The van der Waals surface area contributed by atoms with Crippen molar-refractivity contribution in [1.82, 2.24) is 0 Å². The lowest BCUT2D eigenvalue weighted by Crippen LogP contribution is -2.18. The van der Waals surface area contributed by atoms with Crippen LogP contribution < -0.4 is 0 Å². The monoisotopic (exact) mass is 729 g/mol. The van der Waals surface area contributed by atoms with Crippen LogP contribution in [0.5, 0.6) is 0 Å². The van der Waals surface area contributed by atoms with Crippen molar-refractivity contribution >= 4 is 11.9 Å². The van der Waals surface area contributed by atoms with Gasteiger partial charge in [-0.2, -0.15) is 0 Å². The fourth-order valence-corrected chi connectivity index (χ4v) is 6.92. The van der Waals surface area contributed by atoms with E-state index in [1.807, 2.05) is 0 Å². The minimum Gasteiger partial charge on any atom is -0.481 e. The Hall–Kier alpha value is -1.84. The molecule has 0 rings (SSSR count). The minimum atomic E-state index is -0.703. The van der Waals surface area contributed by atoms with Gasteiger partial charge in [0.25, 0.3) is 0 Å². The van der Waals surface area contributed by atoms with E-state index in [9.17, 15) is 9.59 Å². The highest BCUT2D eigenvalue weighted by atomic mass is 16.5. The Morgan fingerprint density at radius 3 is 1.23 bits per heavy atom. The van der Waals surface area contributed by atoms with Crippen LogP contribution in [0.4, 0.5) is 0 Å². The second kappa shape index (κ2) is 43.6. The number of aliphatic carboxylic acids is 1. The molecule has 0 saturated carbocycles. The standard InChI is InChI=1S/C48H88O4/c1-3-5-7-9-11-13-15-16-17-18-19-20-21-22-23-24-25-26-28-30-32-37-41-45-48(51)52-46(43-39-35-33-36-40-44-47(49)50)42-38-34-31-29-27-14-12-10-8-6-4-2/h15-16,18-19,29,31,46H,3-14,17,20-28,30,32-45H2,1-2H3,(H,49,50)/b16-15-,19-18-,31-29-. The Bertz CT molecular complexity index is 828. The SMILES string of the molecule is CCCCCCC/C=C\C/C=C\CCCCCCCCCCCCCC(=O)OC(CCC/C=C\CCCCCCCC)CCCCCCCC(=O)O. The quantitative estimate of drug-likeness (QED) is 0.0386. The van der Waals surface area contributed by atoms with E-state index >= 15 is 0 Å². The molecule has 0 aliphatic heterocycles. The van der Waals surface area contributed by atoms with Crippen molar-refractivity contribution in [2.24, 2.45) is 0 Å². The van der Waals surface area contributed by atoms with Crippen molar-refractivity contribution in [2.75, 3.05) is 0 Å². The molecule has 52 heavy (non-hydrogen) atoms. The van der Waals surface area contributed by atoms with E-state index in [0.717, 1.165) is 77.0 Å². The highest BCUT2D eigenvalue weighted by Gasteiger charge is 2.14. The molecule has 4 heteroatoms. The second-order valence-electron chi connectivity index (χ2n) is 15.6. The third-order valence-corrected chi connectivity index (χ3v) is 10.3. The van der Waals surface area contributed by atoms with Gasteiger partial charge in [-0.25, -0.2) is 0 Å². The number of hydrogen-bond donors (Lipinski definition) is 1. The summed E-state index contributed by atoms with van der Waals surface area (Å²) >= 11 is 0. The van der Waals surface area contributed by atoms with Gasteiger partial charge in [-0.15, -0.1) is 0 Å². The Morgan fingerprint density at radius 2 is 0.769 bits per heavy atom. The number of rotatable bonds is 42. The number of unbranched alkanes of at least 4 members (excludes halogenated alkanes) is 27. The average molecular weight is 729 g/mol. The lowest BCUT2D eigenvalue weighted by atomic mass is 10.0. The largest absolute Gasteiger partial charge is 0.481 e. The minimum absolute atomic E-state index is 0.0131. The van der Waals surface area contributed by atoms with Gasteiger partial charge in [-0.1, -0.05) is 185 Å². The first-order chi connectivity index (χ1) is 25.6. The summed E-state index contributed by atoms with van der Waals surface area (Å²) in [5.74, 6) is -0.716. The van der Waals surface area contributed by atoms with Gasteiger partial charge in [-0.3, -0.25) is 9.59 Å². The topological polar surface area (TPSA) is 63.6 Å². The fourth-order valence-electron chi connectivity index (χ4n) is 6.92. The number of carbonyl (C=O) groups excluding carboxylic acids is 1. The molecule has 0 bridgehead atoms. The van der Waals surface area contributed by atoms with Crippen LogP contribution in [0, 0.1) is 0 Å². The number of carbonyl (C=O) groups is 2. The molecular formula is C48H88O4. The molecule has 0 saturated heterocycles. The zero-order chi connectivity index (χ0) is 37.8. The summed E-state index contributed by atoms with van der Waals surface area (Å²) in [6.45, 7) is 4.54. The predicted molar refractivity (Wildman–Crippen MR) is 227 cm³/mol. The van der Waals surface area contributed by atoms with Gasteiger partial charge < -0.3 is 9.84 Å². The van der Waals surface area contributed by atoms with Crippen LogP contribution in [0.15, 0.2) is 36.5 Å². The molecule has 1 unspecified atom stereocenters. The zero-order valence-corrected chi connectivity index (χ0v) is 34.9. The molecule has 0 aromatic rings. The van der Waals surface area contributed by atoms with E-state index in [4.69, 9.17) is 9.84 Å². The Kier molecular flexibility index (Phi) is 42.0. The summed E-state index contributed by atoms with van der Waals surface area (Å²) in [4.78, 5) is 23.4. The van der Waals surface area contributed by atoms with Gasteiger partial charge >= 0.3 is 11.9 Å². The average Bonchev–Trinajstić information content (AvgIpc) is 3.13. The van der Waals surface area contributed by atoms with E-state index in [-0.39, 0.29) is 18.5 Å². The third kappa shape index (κ3) is 42.6. The first-order valence-corrected chi connectivity index (χ1v) is 23.0. The number of hydrogen-bond acceptors (Lipinski definition) is 3. The van der Waals surface area contributed by atoms with Crippen LogP contribution in [0.3, 0.4) is 0 Å². The number of allylic oxidation sites excluding steroid dienone is 6. The van der Waals surface area contributed by atoms with Gasteiger partial charge in [0.2, 0.25) is 0 Å².